The lowest BCUT2D eigenvalue weighted by Gasteiger charge is -2.27. The van der Waals surface area contributed by atoms with Crippen LogP contribution in [-0.2, 0) is 4.74 Å². The molecule has 1 aromatic carbocycles. The first-order valence-corrected chi connectivity index (χ1v) is 8.31. The molecule has 6 heteroatoms. The average molecular weight is 334 g/mol. The molecule has 1 aromatic heterocycles. The van der Waals surface area contributed by atoms with Gasteiger partial charge in [-0.1, -0.05) is 12.8 Å². The number of carbonyl (C=O) groups excluding carboxylic acids is 1. The van der Waals surface area contributed by atoms with Crippen LogP contribution >= 0.6 is 0 Å². The molecule has 3 N–H and O–H groups in total. The normalized spacial score (nSPS) is 24.8. The van der Waals surface area contributed by atoms with E-state index in [4.69, 9.17) is 4.74 Å². The number of hydrogen-bond acceptors (Lipinski definition) is 3. The van der Waals surface area contributed by atoms with Crippen LogP contribution in [0.1, 0.15) is 41.7 Å². The first-order valence-electron chi connectivity index (χ1n) is 8.31. The van der Waals surface area contributed by atoms with Crippen molar-refractivity contribution in [3.05, 3.63) is 35.3 Å². The van der Waals surface area contributed by atoms with Crippen LogP contribution in [-0.4, -0.2) is 41.4 Å². The number of fused-ring (bicyclic) bond motifs is 1. The zero-order valence-corrected chi connectivity index (χ0v) is 13.9. The Bertz CT molecular complexity index is 743. The predicted molar refractivity (Wildman–Crippen MR) is 89.5 cm³/mol. The highest BCUT2D eigenvalue weighted by molar-refractivity contribution is 6.01. The molecule has 1 amide bonds. The Morgan fingerprint density at radius 2 is 2.12 bits per heavy atom. The van der Waals surface area contributed by atoms with Gasteiger partial charge in [0.1, 0.15) is 17.6 Å². The number of methoxy groups -OCH3 is 1. The van der Waals surface area contributed by atoms with E-state index >= 15 is 0 Å². The molecule has 0 saturated heterocycles. The summed E-state index contributed by atoms with van der Waals surface area (Å²) in [6.45, 7) is 1.79. The first-order chi connectivity index (χ1) is 11.5. The maximum atomic E-state index is 13.4. The van der Waals surface area contributed by atoms with Gasteiger partial charge in [-0.05, 0) is 43.5 Å². The zero-order valence-electron chi connectivity index (χ0n) is 13.9. The lowest BCUT2D eigenvalue weighted by atomic mass is 10.0. The summed E-state index contributed by atoms with van der Waals surface area (Å²) in [5, 5.41) is 14.1. The molecule has 0 bridgehead atoms. The van der Waals surface area contributed by atoms with Gasteiger partial charge in [0, 0.05) is 18.0 Å². The van der Waals surface area contributed by atoms with Gasteiger partial charge in [0.05, 0.1) is 12.1 Å². The smallest absolute Gasteiger partial charge is 0.268 e. The molecule has 2 aromatic rings. The Kier molecular flexibility index (Phi) is 4.87. The molecule has 1 aliphatic rings. The Hall–Kier alpha value is -1.92. The Morgan fingerprint density at radius 1 is 1.38 bits per heavy atom. The summed E-state index contributed by atoms with van der Waals surface area (Å²) in [5.41, 5.74) is 1.82. The van der Waals surface area contributed by atoms with Crippen LogP contribution in [0.4, 0.5) is 4.39 Å². The fourth-order valence-corrected chi connectivity index (χ4v) is 3.49. The van der Waals surface area contributed by atoms with Gasteiger partial charge in [-0.2, -0.15) is 0 Å². The standard InChI is InChI=1S/C18H23FN2O3/c1-10-12-9-11(19)7-8-13(12)20-16(10)18(23)21-14-5-3-4-6-15(24-2)17(14)22/h7-9,14-15,17,20,22H,3-6H2,1-2H3,(H,21,23)/t14-,15-,17-/m1/s1. The van der Waals surface area contributed by atoms with Crippen molar-refractivity contribution in [3.8, 4) is 0 Å². The van der Waals surface area contributed by atoms with Crippen molar-refractivity contribution in [2.45, 2.75) is 50.9 Å². The van der Waals surface area contributed by atoms with E-state index in [1.165, 1.54) is 12.1 Å². The number of H-pyrrole nitrogens is 1. The third-order valence-corrected chi connectivity index (χ3v) is 4.91. The van der Waals surface area contributed by atoms with Gasteiger partial charge >= 0.3 is 0 Å². The van der Waals surface area contributed by atoms with Gasteiger partial charge in [0.25, 0.3) is 5.91 Å². The van der Waals surface area contributed by atoms with Crippen molar-refractivity contribution in [2.75, 3.05) is 7.11 Å². The Labute approximate surface area is 140 Å². The lowest BCUT2D eigenvalue weighted by molar-refractivity contribution is -0.0277. The van der Waals surface area contributed by atoms with Gasteiger partial charge < -0.3 is 20.1 Å². The molecule has 3 atom stereocenters. The topological polar surface area (TPSA) is 74.3 Å². The average Bonchev–Trinajstić information content (AvgIpc) is 2.78. The number of aliphatic hydroxyl groups excluding tert-OH is 1. The van der Waals surface area contributed by atoms with Gasteiger partial charge in [-0.25, -0.2) is 4.39 Å². The second-order valence-corrected chi connectivity index (χ2v) is 6.44. The van der Waals surface area contributed by atoms with E-state index in [9.17, 15) is 14.3 Å². The van der Waals surface area contributed by atoms with Crippen LogP contribution in [0.5, 0.6) is 0 Å². The maximum Gasteiger partial charge on any atom is 0.268 e. The minimum Gasteiger partial charge on any atom is -0.388 e. The van der Waals surface area contributed by atoms with E-state index < -0.39 is 6.10 Å². The lowest BCUT2D eigenvalue weighted by Crippen LogP contribution is -2.48. The van der Waals surface area contributed by atoms with E-state index in [0.717, 1.165) is 24.8 Å². The number of benzene rings is 1. The number of halogens is 1. The molecule has 1 aliphatic carbocycles. The largest absolute Gasteiger partial charge is 0.388 e. The predicted octanol–water partition coefficient (Wildman–Crippen LogP) is 2.66. The molecule has 24 heavy (non-hydrogen) atoms. The van der Waals surface area contributed by atoms with Crippen molar-refractivity contribution in [1.82, 2.24) is 10.3 Å². The summed E-state index contributed by atoms with van der Waals surface area (Å²) in [5.74, 6) is -0.622. The molecule has 130 valence electrons. The van der Waals surface area contributed by atoms with Crippen LogP contribution in [0.15, 0.2) is 18.2 Å². The zero-order chi connectivity index (χ0) is 17.3. The van der Waals surface area contributed by atoms with E-state index in [2.05, 4.69) is 10.3 Å². The summed E-state index contributed by atoms with van der Waals surface area (Å²) in [6.07, 6.45) is 2.39. The van der Waals surface area contributed by atoms with Gasteiger partial charge in [0.2, 0.25) is 0 Å². The minimum atomic E-state index is -0.733. The fraction of sp³-hybridized carbons (Fsp3) is 0.500. The molecular formula is C18H23FN2O3. The monoisotopic (exact) mass is 334 g/mol. The van der Waals surface area contributed by atoms with Crippen LogP contribution in [0.3, 0.4) is 0 Å². The third kappa shape index (κ3) is 3.16. The number of hydrogen-bond donors (Lipinski definition) is 3. The molecule has 0 spiro atoms. The SMILES string of the molecule is CO[C@@H]1CCCC[C@@H](NC(=O)c2[nH]c3ccc(F)cc3c2C)[C@H]1O. The van der Waals surface area contributed by atoms with Crippen molar-refractivity contribution in [2.24, 2.45) is 0 Å². The number of carbonyl (C=O) groups is 1. The molecular weight excluding hydrogens is 311 g/mol. The first kappa shape index (κ1) is 16.9. The number of ether oxygens (including phenoxy) is 1. The van der Waals surface area contributed by atoms with Gasteiger partial charge in [-0.15, -0.1) is 0 Å². The summed E-state index contributed by atoms with van der Waals surface area (Å²) < 4.78 is 18.8. The quantitative estimate of drug-likeness (QED) is 0.756. The number of rotatable bonds is 3. The molecule has 1 saturated carbocycles. The highest BCUT2D eigenvalue weighted by Gasteiger charge is 2.31. The number of aryl methyl sites for hydroxylation is 1. The molecule has 0 unspecified atom stereocenters. The van der Waals surface area contributed by atoms with Crippen LogP contribution in [0.25, 0.3) is 10.9 Å². The molecule has 5 nitrogen and oxygen atoms in total. The molecule has 0 radical (unpaired) electrons. The van der Waals surface area contributed by atoms with E-state index in [1.807, 2.05) is 0 Å². The second-order valence-electron chi connectivity index (χ2n) is 6.44. The summed E-state index contributed by atoms with van der Waals surface area (Å²) in [4.78, 5) is 15.7. The number of aromatic amines is 1. The van der Waals surface area contributed by atoms with Crippen LogP contribution in [0.2, 0.25) is 0 Å². The maximum absolute atomic E-state index is 13.4. The number of nitrogens with one attached hydrogen (secondary N) is 2. The number of amides is 1. The third-order valence-electron chi connectivity index (χ3n) is 4.91. The van der Waals surface area contributed by atoms with E-state index in [-0.39, 0.29) is 23.9 Å². The molecule has 3 rings (SSSR count). The summed E-state index contributed by atoms with van der Waals surface area (Å²) >= 11 is 0. The Balaban J connectivity index is 1.83. The second kappa shape index (κ2) is 6.91. The highest BCUT2D eigenvalue weighted by atomic mass is 19.1. The van der Waals surface area contributed by atoms with Crippen LogP contribution in [0, 0.1) is 12.7 Å². The van der Waals surface area contributed by atoms with E-state index in [1.54, 1.807) is 20.1 Å². The van der Waals surface area contributed by atoms with Crippen molar-refractivity contribution >= 4 is 16.8 Å². The summed E-state index contributed by atoms with van der Waals surface area (Å²) in [6, 6.07) is 4.04. The number of aromatic nitrogens is 1. The van der Waals surface area contributed by atoms with Gasteiger partial charge in [-0.3, -0.25) is 4.79 Å². The number of aliphatic hydroxyl groups is 1. The molecule has 0 aliphatic heterocycles. The molecule has 1 fully saturated rings. The molecule has 1 heterocycles. The fourth-order valence-electron chi connectivity index (χ4n) is 3.49. The van der Waals surface area contributed by atoms with Crippen LogP contribution < -0.4 is 5.32 Å². The van der Waals surface area contributed by atoms with Gasteiger partial charge in [0.15, 0.2) is 0 Å². The Morgan fingerprint density at radius 3 is 2.88 bits per heavy atom. The van der Waals surface area contributed by atoms with E-state index in [0.29, 0.717) is 23.1 Å². The van der Waals surface area contributed by atoms with Crippen molar-refractivity contribution in [1.29, 1.82) is 0 Å². The summed E-state index contributed by atoms with van der Waals surface area (Å²) in [7, 11) is 1.58. The minimum absolute atomic E-state index is 0.268. The highest BCUT2D eigenvalue weighted by Crippen LogP contribution is 2.24. The van der Waals surface area contributed by atoms with Crippen molar-refractivity contribution < 1.29 is 19.0 Å². The van der Waals surface area contributed by atoms with Crippen molar-refractivity contribution in [3.63, 3.8) is 0 Å².